The smallest absolute Gasteiger partial charge is 0.166 e. The molecule has 0 aromatic heterocycles. The molecule has 0 aromatic rings. The molecular weight excluding hydrogens is 360 g/mol. The zero-order chi connectivity index (χ0) is 17.9. The summed E-state index contributed by atoms with van der Waals surface area (Å²) in [5.74, 6) is 3.66. The third-order valence-electron chi connectivity index (χ3n) is 7.28. The molecule has 0 saturated heterocycles. The summed E-state index contributed by atoms with van der Waals surface area (Å²) in [4.78, 5) is 0. The Bertz CT molecular complexity index is 480. The minimum Gasteiger partial charge on any atom is -0.363 e. The summed E-state index contributed by atoms with van der Waals surface area (Å²) in [5, 5.41) is 15.6. The second-order valence-electron chi connectivity index (χ2n) is 9.07. The lowest BCUT2D eigenvalue weighted by Gasteiger charge is -2.25. The Morgan fingerprint density at radius 1 is 0.654 bits per heavy atom. The molecule has 4 aliphatic carbocycles. The Hall–Kier alpha value is -0.620. The van der Waals surface area contributed by atoms with Crippen LogP contribution in [-0.4, -0.2) is 35.4 Å². The highest BCUT2D eigenvalue weighted by Crippen LogP contribution is 2.45. The Morgan fingerprint density at radius 2 is 1.12 bits per heavy atom. The van der Waals surface area contributed by atoms with Gasteiger partial charge in [-0.05, 0) is 99.5 Å². The number of hydrogen-bond acceptors (Lipinski definition) is 2. The highest BCUT2D eigenvalue weighted by Gasteiger charge is 2.40. The maximum absolute atomic E-state index is 5.46. The van der Waals surface area contributed by atoms with Crippen molar-refractivity contribution in [3.63, 3.8) is 0 Å². The Balaban J connectivity index is 1.01. The summed E-state index contributed by atoms with van der Waals surface area (Å²) in [6.45, 7) is 1.89. The molecule has 4 saturated carbocycles. The molecule has 0 radical (unpaired) electrons. The molecule has 6 atom stereocenters. The standard InChI is InChI=1S/C20H34N4S2/c25-19(23-17-11-13-3-5-15(17)9-13)21-7-1-2-8-22-20(26)24-18-12-14-4-6-16(18)10-14/h13-18H,1-12H2,(H2,21,23,25)(H2,22,24,26)/t13-,14-,15-,16-,17+,18+/m0/s1. The van der Waals surface area contributed by atoms with E-state index >= 15 is 0 Å². The molecule has 4 rings (SSSR count). The van der Waals surface area contributed by atoms with Crippen LogP contribution in [0.4, 0.5) is 0 Å². The van der Waals surface area contributed by atoms with Crippen molar-refractivity contribution in [1.29, 1.82) is 0 Å². The zero-order valence-electron chi connectivity index (χ0n) is 15.8. The van der Waals surface area contributed by atoms with E-state index in [1.54, 1.807) is 0 Å². The zero-order valence-corrected chi connectivity index (χ0v) is 17.4. The number of fused-ring (bicyclic) bond motifs is 4. The van der Waals surface area contributed by atoms with Crippen molar-refractivity contribution in [2.24, 2.45) is 23.7 Å². The molecule has 0 aliphatic heterocycles. The van der Waals surface area contributed by atoms with E-state index in [0.29, 0.717) is 12.1 Å². The SMILES string of the molecule is S=C(NCCCCNC(=S)N[C@@H]1C[C@H]2CC[C@H]1C2)N[C@@H]1C[C@H]2CC[C@H]1C2. The van der Waals surface area contributed by atoms with Crippen molar-refractivity contribution in [2.75, 3.05) is 13.1 Å². The fourth-order valence-corrected chi connectivity index (χ4v) is 6.44. The molecule has 146 valence electrons. The van der Waals surface area contributed by atoms with Crippen molar-refractivity contribution < 1.29 is 0 Å². The minimum atomic E-state index is 0.629. The van der Waals surface area contributed by atoms with Gasteiger partial charge >= 0.3 is 0 Å². The summed E-state index contributed by atoms with van der Waals surface area (Å²) in [6, 6.07) is 1.26. The molecule has 0 spiro atoms. The molecule has 4 N–H and O–H groups in total. The summed E-state index contributed by atoms with van der Waals surface area (Å²) >= 11 is 10.9. The number of rotatable bonds is 7. The molecular formula is C20H34N4S2. The van der Waals surface area contributed by atoms with Crippen LogP contribution >= 0.6 is 24.4 Å². The van der Waals surface area contributed by atoms with Crippen LogP contribution in [-0.2, 0) is 0 Å². The van der Waals surface area contributed by atoms with Crippen LogP contribution < -0.4 is 21.3 Å². The van der Waals surface area contributed by atoms with Gasteiger partial charge in [0.15, 0.2) is 10.2 Å². The lowest BCUT2D eigenvalue weighted by atomic mass is 9.96. The summed E-state index contributed by atoms with van der Waals surface area (Å²) in [7, 11) is 0. The number of hydrogen-bond donors (Lipinski definition) is 4. The second-order valence-corrected chi connectivity index (χ2v) is 9.89. The van der Waals surface area contributed by atoms with Gasteiger partial charge in [-0.2, -0.15) is 0 Å². The number of thiocarbonyl (C=S) groups is 2. The molecule has 4 fully saturated rings. The molecule has 0 aromatic carbocycles. The van der Waals surface area contributed by atoms with Crippen LogP contribution in [0.3, 0.4) is 0 Å². The van der Waals surface area contributed by atoms with Gasteiger partial charge in [0.25, 0.3) is 0 Å². The van der Waals surface area contributed by atoms with Gasteiger partial charge in [-0.3, -0.25) is 0 Å². The predicted molar refractivity (Wildman–Crippen MR) is 115 cm³/mol. The first kappa shape index (κ1) is 18.7. The lowest BCUT2D eigenvalue weighted by Crippen LogP contribution is -2.45. The largest absolute Gasteiger partial charge is 0.363 e. The van der Waals surface area contributed by atoms with Gasteiger partial charge in [-0.25, -0.2) is 0 Å². The van der Waals surface area contributed by atoms with Crippen LogP contribution in [0.1, 0.15) is 64.2 Å². The van der Waals surface area contributed by atoms with Crippen LogP contribution in [0.25, 0.3) is 0 Å². The fraction of sp³-hybridized carbons (Fsp3) is 0.900. The summed E-state index contributed by atoms with van der Waals surface area (Å²) in [5.41, 5.74) is 0. The van der Waals surface area contributed by atoms with Crippen molar-refractivity contribution in [3.05, 3.63) is 0 Å². The fourth-order valence-electron chi connectivity index (χ4n) is 5.94. The maximum Gasteiger partial charge on any atom is 0.166 e. The van der Waals surface area contributed by atoms with E-state index in [9.17, 15) is 0 Å². The van der Waals surface area contributed by atoms with Crippen molar-refractivity contribution >= 4 is 34.7 Å². The highest BCUT2D eigenvalue weighted by molar-refractivity contribution is 7.80. The van der Waals surface area contributed by atoms with E-state index < -0.39 is 0 Å². The van der Waals surface area contributed by atoms with E-state index in [4.69, 9.17) is 24.4 Å². The first-order chi connectivity index (χ1) is 12.7. The van der Waals surface area contributed by atoms with Crippen molar-refractivity contribution in [3.8, 4) is 0 Å². The number of unbranched alkanes of at least 4 members (excludes halogenated alkanes) is 1. The molecule has 0 unspecified atom stereocenters. The van der Waals surface area contributed by atoms with Gasteiger partial charge in [-0.15, -0.1) is 0 Å². The maximum atomic E-state index is 5.46. The molecule has 4 aliphatic rings. The van der Waals surface area contributed by atoms with Gasteiger partial charge in [0.2, 0.25) is 0 Å². The van der Waals surface area contributed by atoms with Gasteiger partial charge in [0.05, 0.1) is 0 Å². The Labute approximate surface area is 169 Å². The van der Waals surface area contributed by atoms with Crippen molar-refractivity contribution in [1.82, 2.24) is 21.3 Å². The van der Waals surface area contributed by atoms with Gasteiger partial charge in [0, 0.05) is 25.2 Å². The minimum absolute atomic E-state index is 0.629. The average molecular weight is 395 g/mol. The van der Waals surface area contributed by atoms with Gasteiger partial charge in [-0.1, -0.05) is 12.8 Å². The monoisotopic (exact) mass is 394 g/mol. The van der Waals surface area contributed by atoms with Crippen LogP contribution in [0.5, 0.6) is 0 Å². The van der Waals surface area contributed by atoms with E-state index in [-0.39, 0.29) is 0 Å². The normalized spacial score (nSPS) is 36.9. The molecule has 6 heteroatoms. The van der Waals surface area contributed by atoms with Gasteiger partial charge < -0.3 is 21.3 Å². The quantitative estimate of drug-likeness (QED) is 0.393. The topological polar surface area (TPSA) is 48.1 Å². The second kappa shape index (κ2) is 8.59. The molecule has 26 heavy (non-hydrogen) atoms. The molecule has 0 heterocycles. The first-order valence-corrected chi connectivity index (χ1v) is 11.6. The van der Waals surface area contributed by atoms with E-state index in [0.717, 1.165) is 59.8 Å². The predicted octanol–water partition coefficient (Wildman–Crippen LogP) is 3.07. The summed E-state index contributed by atoms with van der Waals surface area (Å²) < 4.78 is 0. The third-order valence-corrected chi connectivity index (χ3v) is 7.81. The van der Waals surface area contributed by atoms with E-state index in [1.165, 1.54) is 51.4 Å². The number of nitrogens with one attached hydrogen (secondary N) is 4. The van der Waals surface area contributed by atoms with Crippen molar-refractivity contribution in [2.45, 2.75) is 76.3 Å². The van der Waals surface area contributed by atoms with Crippen LogP contribution in [0.2, 0.25) is 0 Å². The van der Waals surface area contributed by atoms with Gasteiger partial charge in [0.1, 0.15) is 0 Å². The van der Waals surface area contributed by atoms with E-state index in [1.807, 2.05) is 0 Å². The first-order valence-electron chi connectivity index (χ1n) is 10.8. The summed E-state index contributed by atoms with van der Waals surface area (Å²) in [6.07, 6.45) is 13.4. The molecule has 0 amide bonds. The lowest BCUT2D eigenvalue weighted by molar-refractivity contribution is 0.388. The molecule has 4 bridgehead atoms. The van der Waals surface area contributed by atoms with E-state index in [2.05, 4.69) is 21.3 Å². The van der Waals surface area contributed by atoms with Crippen LogP contribution in [0, 0.1) is 23.7 Å². The average Bonchev–Trinajstić information content (AvgIpc) is 3.38. The highest BCUT2D eigenvalue weighted by atomic mass is 32.1. The Kier molecular flexibility index (Phi) is 6.19. The van der Waals surface area contributed by atoms with Crippen LogP contribution in [0.15, 0.2) is 0 Å². The molecule has 4 nitrogen and oxygen atoms in total. The third kappa shape index (κ3) is 4.61. The Morgan fingerprint density at radius 3 is 1.46 bits per heavy atom.